The molecule has 1 saturated heterocycles. The highest BCUT2D eigenvalue weighted by Gasteiger charge is 2.24. The maximum atomic E-state index is 6.08. The van der Waals surface area contributed by atoms with E-state index >= 15 is 0 Å². The SMILES string of the molecule is COC1CCN(c2ncc(N)cc2Cl)C1. The van der Waals surface area contributed by atoms with E-state index in [-0.39, 0.29) is 6.10 Å². The molecule has 0 aliphatic carbocycles. The van der Waals surface area contributed by atoms with Crippen molar-refractivity contribution in [2.45, 2.75) is 12.5 Å². The number of pyridine rings is 1. The molecule has 0 bridgehead atoms. The van der Waals surface area contributed by atoms with Crippen molar-refractivity contribution in [2.75, 3.05) is 30.8 Å². The zero-order chi connectivity index (χ0) is 10.8. The van der Waals surface area contributed by atoms with Crippen LogP contribution in [0.5, 0.6) is 0 Å². The summed E-state index contributed by atoms with van der Waals surface area (Å²) in [6.07, 6.45) is 2.92. The summed E-state index contributed by atoms with van der Waals surface area (Å²) in [5.74, 6) is 0.797. The minimum Gasteiger partial charge on any atom is -0.397 e. The van der Waals surface area contributed by atoms with Crippen molar-refractivity contribution in [3.8, 4) is 0 Å². The van der Waals surface area contributed by atoms with E-state index < -0.39 is 0 Å². The average molecular weight is 228 g/mol. The summed E-state index contributed by atoms with van der Waals surface area (Å²) in [7, 11) is 1.73. The lowest BCUT2D eigenvalue weighted by atomic mass is 10.3. The van der Waals surface area contributed by atoms with Gasteiger partial charge in [-0.1, -0.05) is 11.6 Å². The predicted octanol–water partition coefficient (Wildman–Crippen LogP) is 1.54. The molecule has 2 rings (SSSR count). The number of hydrogen-bond donors (Lipinski definition) is 1. The molecule has 1 aromatic heterocycles. The topological polar surface area (TPSA) is 51.4 Å². The van der Waals surface area contributed by atoms with Crippen LogP contribution in [0.1, 0.15) is 6.42 Å². The minimum absolute atomic E-state index is 0.278. The number of hydrogen-bond acceptors (Lipinski definition) is 4. The molecule has 82 valence electrons. The number of ether oxygens (including phenoxy) is 1. The number of nitrogen functional groups attached to an aromatic ring is 1. The molecule has 1 aromatic rings. The fourth-order valence-electron chi connectivity index (χ4n) is 1.79. The van der Waals surface area contributed by atoms with Gasteiger partial charge < -0.3 is 15.4 Å². The van der Waals surface area contributed by atoms with E-state index in [9.17, 15) is 0 Å². The third-order valence-corrected chi connectivity index (χ3v) is 2.90. The molecule has 4 nitrogen and oxygen atoms in total. The Bertz CT molecular complexity index is 359. The monoisotopic (exact) mass is 227 g/mol. The van der Waals surface area contributed by atoms with Crippen LogP contribution in [0.25, 0.3) is 0 Å². The average Bonchev–Trinajstić information content (AvgIpc) is 2.66. The Balaban J connectivity index is 2.17. The van der Waals surface area contributed by atoms with Crippen molar-refractivity contribution in [1.29, 1.82) is 0 Å². The first-order valence-electron chi connectivity index (χ1n) is 4.89. The van der Waals surface area contributed by atoms with E-state index in [4.69, 9.17) is 22.1 Å². The highest BCUT2D eigenvalue weighted by atomic mass is 35.5. The predicted molar refractivity (Wildman–Crippen MR) is 61.3 cm³/mol. The van der Waals surface area contributed by atoms with Gasteiger partial charge in [0.15, 0.2) is 0 Å². The van der Waals surface area contributed by atoms with Gasteiger partial charge in [0.2, 0.25) is 0 Å². The summed E-state index contributed by atoms with van der Waals surface area (Å²) in [5.41, 5.74) is 6.18. The Kier molecular flexibility index (Phi) is 2.98. The van der Waals surface area contributed by atoms with Crippen molar-refractivity contribution >= 4 is 23.1 Å². The standard InChI is InChI=1S/C10H14ClN3O/c1-15-8-2-3-14(6-8)10-9(11)4-7(12)5-13-10/h4-5,8H,2-3,6,12H2,1H3. The van der Waals surface area contributed by atoms with Gasteiger partial charge in [-0.15, -0.1) is 0 Å². The van der Waals surface area contributed by atoms with E-state index in [2.05, 4.69) is 9.88 Å². The highest BCUT2D eigenvalue weighted by Crippen LogP contribution is 2.28. The number of halogens is 1. The molecule has 0 spiro atoms. The third kappa shape index (κ3) is 2.16. The molecule has 1 aliphatic rings. The second-order valence-corrected chi connectivity index (χ2v) is 4.07. The second-order valence-electron chi connectivity index (χ2n) is 3.67. The number of rotatable bonds is 2. The summed E-state index contributed by atoms with van der Waals surface area (Å²) in [6.45, 7) is 1.77. The van der Waals surface area contributed by atoms with Crippen LogP contribution in [-0.4, -0.2) is 31.3 Å². The van der Waals surface area contributed by atoms with Gasteiger partial charge >= 0.3 is 0 Å². The van der Waals surface area contributed by atoms with Crippen molar-refractivity contribution in [1.82, 2.24) is 4.98 Å². The normalized spacial score (nSPS) is 20.9. The fraction of sp³-hybridized carbons (Fsp3) is 0.500. The molecule has 0 amide bonds. The summed E-state index contributed by atoms with van der Waals surface area (Å²) < 4.78 is 5.29. The van der Waals surface area contributed by atoms with Crippen LogP contribution in [0.3, 0.4) is 0 Å². The lowest BCUT2D eigenvalue weighted by Crippen LogP contribution is -2.23. The Morgan fingerprint density at radius 2 is 2.47 bits per heavy atom. The second kappa shape index (κ2) is 4.24. The van der Waals surface area contributed by atoms with Crippen LogP contribution in [0, 0.1) is 0 Å². The molecule has 1 unspecified atom stereocenters. The lowest BCUT2D eigenvalue weighted by Gasteiger charge is -2.18. The van der Waals surface area contributed by atoms with Crippen molar-refractivity contribution < 1.29 is 4.74 Å². The zero-order valence-electron chi connectivity index (χ0n) is 8.61. The van der Waals surface area contributed by atoms with Crippen LogP contribution in [0.2, 0.25) is 5.02 Å². The molecule has 0 aromatic carbocycles. The van der Waals surface area contributed by atoms with E-state index in [0.29, 0.717) is 10.7 Å². The smallest absolute Gasteiger partial charge is 0.147 e. The molecule has 0 saturated carbocycles. The van der Waals surface area contributed by atoms with Gasteiger partial charge in [0.05, 0.1) is 23.0 Å². The summed E-state index contributed by atoms with van der Waals surface area (Å²) >= 11 is 6.08. The molecule has 5 heteroatoms. The molecule has 15 heavy (non-hydrogen) atoms. The van der Waals surface area contributed by atoms with Crippen molar-refractivity contribution in [3.63, 3.8) is 0 Å². The lowest BCUT2D eigenvalue weighted by molar-refractivity contribution is 0.121. The van der Waals surface area contributed by atoms with Gasteiger partial charge in [-0.2, -0.15) is 0 Å². The summed E-state index contributed by atoms with van der Waals surface area (Å²) in [4.78, 5) is 6.36. The third-order valence-electron chi connectivity index (χ3n) is 2.62. The molecule has 2 heterocycles. The van der Waals surface area contributed by atoms with E-state index in [0.717, 1.165) is 25.3 Å². The van der Waals surface area contributed by atoms with Crippen LogP contribution in [-0.2, 0) is 4.74 Å². The Hall–Kier alpha value is -1.00. The van der Waals surface area contributed by atoms with Crippen LogP contribution in [0.15, 0.2) is 12.3 Å². The Morgan fingerprint density at radius 1 is 1.67 bits per heavy atom. The van der Waals surface area contributed by atoms with Gasteiger partial charge in [-0.05, 0) is 12.5 Å². The van der Waals surface area contributed by atoms with Gasteiger partial charge in [-0.25, -0.2) is 4.98 Å². The van der Waals surface area contributed by atoms with Crippen LogP contribution >= 0.6 is 11.6 Å². The van der Waals surface area contributed by atoms with Gasteiger partial charge in [0.25, 0.3) is 0 Å². The molecule has 2 N–H and O–H groups in total. The molecule has 1 aliphatic heterocycles. The van der Waals surface area contributed by atoms with Crippen LogP contribution < -0.4 is 10.6 Å². The van der Waals surface area contributed by atoms with Crippen molar-refractivity contribution in [2.24, 2.45) is 0 Å². The zero-order valence-corrected chi connectivity index (χ0v) is 9.37. The number of anilines is 2. The van der Waals surface area contributed by atoms with Crippen molar-refractivity contribution in [3.05, 3.63) is 17.3 Å². The first kappa shape index (κ1) is 10.5. The maximum absolute atomic E-state index is 6.08. The first-order valence-corrected chi connectivity index (χ1v) is 5.27. The van der Waals surface area contributed by atoms with Gasteiger partial charge in [0.1, 0.15) is 5.82 Å². The summed E-state index contributed by atoms with van der Waals surface area (Å²) in [6, 6.07) is 1.73. The fourth-order valence-corrected chi connectivity index (χ4v) is 2.09. The maximum Gasteiger partial charge on any atom is 0.147 e. The highest BCUT2D eigenvalue weighted by molar-refractivity contribution is 6.33. The number of nitrogens with two attached hydrogens (primary N) is 1. The number of nitrogens with zero attached hydrogens (tertiary/aromatic N) is 2. The molecular weight excluding hydrogens is 214 g/mol. The number of aromatic nitrogens is 1. The number of methoxy groups -OCH3 is 1. The quantitative estimate of drug-likeness (QED) is 0.833. The van der Waals surface area contributed by atoms with E-state index in [1.165, 1.54) is 0 Å². The minimum atomic E-state index is 0.278. The Morgan fingerprint density at radius 3 is 3.07 bits per heavy atom. The molecule has 1 atom stereocenters. The largest absolute Gasteiger partial charge is 0.397 e. The van der Waals surface area contributed by atoms with E-state index in [1.807, 2.05) is 0 Å². The first-order chi connectivity index (χ1) is 7.20. The van der Waals surface area contributed by atoms with Gasteiger partial charge in [-0.3, -0.25) is 0 Å². The molecule has 0 radical (unpaired) electrons. The summed E-state index contributed by atoms with van der Waals surface area (Å²) in [5, 5.41) is 0.603. The molecule has 1 fully saturated rings. The molecular formula is C10H14ClN3O. The Labute approximate surface area is 94.0 Å². The van der Waals surface area contributed by atoms with Gasteiger partial charge in [0, 0.05) is 20.2 Å². The van der Waals surface area contributed by atoms with E-state index in [1.54, 1.807) is 19.4 Å². The van der Waals surface area contributed by atoms with Crippen LogP contribution in [0.4, 0.5) is 11.5 Å².